The zero-order chi connectivity index (χ0) is 12.3. The second-order valence-corrected chi connectivity index (χ2v) is 5.43. The van der Waals surface area contributed by atoms with Gasteiger partial charge in [-0.15, -0.1) is 0 Å². The number of likely N-dealkylation sites (tertiary alicyclic amines) is 1. The number of piperidine rings is 1. The molecular formula is C14H20ClNO. The van der Waals surface area contributed by atoms with E-state index in [1.54, 1.807) is 0 Å². The maximum Gasteiger partial charge on any atom is 0.0471 e. The van der Waals surface area contributed by atoms with Crippen LogP contribution in [-0.4, -0.2) is 29.7 Å². The zero-order valence-corrected chi connectivity index (χ0v) is 11.1. The van der Waals surface area contributed by atoms with Crippen LogP contribution in [0.15, 0.2) is 18.2 Å². The fourth-order valence-corrected chi connectivity index (χ4v) is 2.75. The van der Waals surface area contributed by atoms with Gasteiger partial charge in [-0.2, -0.15) is 0 Å². The molecule has 0 bridgehead atoms. The van der Waals surface area contributed by atoms with Gasteiger partial charge in [-0.1, -0.05) is 17.7 Å². The van der Waals surface area contributed by atoms with E-state index in [9.17, 15) is 5.11 Å². The molecule has 1 fully saturated rings. The van der Waals surface area contributed by atoms with Crippen LogP contribution in [0.1, 0.15) is 24.0 Å². The molecule has 0 amide bonds. The van der Waals surface area contributed by atoms with Crippen LogP contribution in [0.4, 0.5) is 0 Å². The Morgan fingerprint density at radius 3 is 3.00 bits per heavy atom. The number of benzene rings is 1. The topological polar surface area (TPSA) is 23.5 Å². The van der Waals surface area contributed by atoms with E-state index < -0.39 is 0 Å². The Hall–Kier alpha value is -0.570. The lowest BCUT2D eigenvalue weighted by molar-refractivity contribution is 0.116. The lowest BCUT2D eigenvalue weighted by atomic mass is 9.98. The molecule has 0 aromatic heterocycles. The largest absolute Gasteiger partial charge is 0.396 e. The van der Waals surface area contributed by atoms with E-state index in [2.05, 4.69) is 17.9 Å². The Bertz CT molecular complexity index is 380. The molecule has 2 rings (SSSR count). The summed E-state index contributed by atoms with van der Waals surface area (Å²) in [5, 5.41) is 10.0. The van der Waals surface area contributed by atoms with Crippen molar-refractivity contribution >= 4 is 11.6 Å². The first-order valence-electron chi connectivity index (χ1n) is 6.27. The van der Waals surface area contributed by atoms with E-state index in [1.165, 1.54) is 17.5 Å². The molecule has 0 radical (unpaired) electrons. The maximum absolute atomic E-state index is 9.22. The van der Waals surface area contributed by atoms with Gasteiger partial charge in [0, 0.05) is 24.7 Å². The van der Waals surface area contributed by atoms with Crippen molar-refractivity contribution in [1.82, 2.24) is 4.90 Å². The molecule has 2 nitrogen and oxygen atoms in total. The van der Waals surface area contributed by atoms with Crippen LogP contribution in [-0.2, 0) is 6.54 Å². The van der Waals surface area contributed by atoms with Crippen molar-refractivity contribution in [2.75, 3.05) is 19.7 Å². The number of hydrogen-bond donors (Lipinski definition) is 1. The highest BCUT2D eigenvalue weighted by atomic mass is 35.5. The van der Waals surface area contributed by atoms with Crippen molar-refractivity contribution in [3.63, 3.8) is 0 Å². The molecule has 3 heteroatoms. The van der Waals surface area contributed by atoms with Gasteiger partial charge in [0.2, 0.25) is 0 Å². The van der Waals surface area contributed by atoms with Crippen molar-refractivity contribution in [2.24, 2.45) is 5.92 Å². The average molecular weight is 254 g/mol. The highest BCUT2D eigenvalue weighted by molar-refractivity contribution is 6.30. The fourth-order valence-electron chi connectivity index (χ4n) is 2.52. The van der Waals surface area contributed by atoms with Crippen LogP contribution in [0, 0.1) is 12.8 Å². The van der Waals surface area contributed by atoms with E-state index >= 15 is 0 Å². The van der Waals surface area contributed by atoms with Gasteiger partial charge < -0.3 is 5.11 Å². The highest BCUT2D eigenvalue weighted by Gasteiger charge is 2.19. The third-order valence-electron chi connectivity index (χ3n) is 3.56. The first-order chi connectivity index (χ1) is 8.19. The van der Waals surface area contributed by atoms with Gasteiger partial charge in [-0.25, -0.2) is 0 Å². The standard InChI is InChI=1S/C14H20ClNO/c1-11-7-14(15)5-4-13(11)9-16-6-2-3-12(8-16)10-17/h4-5,7,12,17H,2-3,6,8-10H2,1H3/t12-/m1/s1. The molecule has 1 aliphatic heterocycles. The molecule has 17 heavy (non-hydrogen) atoms. The van der Waals surface area contributed by atoms with Crippen molar-refractivity contribution in [3.05, 3.63) is 34.3 Å². The van der Waals surface area contributed by atoms with E-state index in [-0.39, 0.29) is 0 Å². The van der Waals surface area contributed by atoms with E-state index in [0.717, 1.165) is 31.1 Å². The summed E-state index contributed by atoms with van der Waals surface area (Å²) in [5.74, 6) is 0.455. The SMILES string of the molecule is Cc1cc(Cl)ccc1CN1CCC[C@@H](CO)C1. The van der Waals surface area contributed by atoms with Crippen LogP contribution >= 0.6 is 11.6 Å². The molecule has 0 spiro atoms. The molecule has 0 saturated carbocycles. The van der Waals surface area contributed by atoms with E-state index in [0.29, 0.717) is 12.5 Å². The summed E-state index contributed by atoms with van der Waals surface area (Å²) in [6.07, 6.45) is 2.35. The summed E-state index contributed by atoms with van der Waals surface area (Å²) in [6.45, 7) is 5.54. The molecule has 1 atom stereocenters. The number of aliphatic hydroxyl groups is 1. The third-order valence-corrected chi connectivity index (χ3v) is 3.79. The predicted octanol–water partition coefficient (Wildman–Crippen LogP) is 2.85. The predicted molar refractivity (Wildman–Crippen MR) is 71.3 cm³/mol. The summed E-state index contributed by atoms with van der Waals surface area (Å²) < 4.78 is 0. The van der Waals surface area contributed by atoms with Crippen molar-refractivity contribution < 1.29 is 5.11 Å². The summed E-state index contributed by atoms with van der Waals surface area (Å²) in [4.78, 5) is 2.43. The minimum atomic E-state index is 0.316. The summed E-state index contributed by atoms with van der Waals surface area (Å²) >= 11 is 5.96. The van der Waals surface area contributed by atoms with Crippen LogP contribution in [0.2, 0.25) is 5.02 Å². The minimum Gasteiger partial charge on any atom is -0.396 e. The van der Waals surface area contributed by atoms with Crippen molar-refractivity contribution in [1.29, 1.82) is 0 Å². The Balaban J connectivity index is 2.00. The average Bonchev–Trinajstić information content (AvgIpc) is 2.33. The summed E-state index contributed by atoms with van der Waals surface area (Å²) in [7, 11) is 0. The van der Waals surface area contributed by atoms with Crippen LogP contribution < -0.4 is 0 Å². The number of halogens is 1. The first-order valence-corrected chi connectivity index (χ1v) is 6.65. The van der Waals surface area contributed by atoms with Crippen molar-refractivity contribution in [2.45, 2.75) is 26.3 Å². The van der Waals surface area contributed by atoms with Crippen LogP contribution in [0.25, 0.3) is 0 Å². The second kappa shape index (κ2) is 5.85. The normalized spacial score (nSPS) is 21.7. The number of aliphatic hydroxyl groups excluding tert-OH is 1. The molecule has 1 aromatic rings. The number of rotatable bonds is 3. The minimum absolute atomic E-state index is 0.316. The number of aryl methyl sites for hydroxylation is 1. The molecule has 0 unspecified atom stereocenters. The molecular weight excluding hydrogens is 234 g/mol. The molecule has 0 aliphatic carbocycles. The Labute approximate surface area is 108 Å². The molecule has 94 valence electrons. The highest BCUT2D eigenvalue weighted by Crippen LogP contribution is 2.21. The monoisotopic (exact) mass is 253 g/mol. The molecule has 1 N–H and O–H groups in total. The van der Waals surface area contributed by atoms with Crippen molar-refractivity contribution in [3.8, 4) is 0 Å². The quantitative estimate of drug-likeness (QED) is 0.896. The summed E-state index contributed by atoms with van der Waals surface area (Å²) in [6, 6.07) is 6.09. The fraction of sp³-hybridized carbons (Fsp3) is 0.571. The van der Waals surface area contributed by atoms with Gasteiger partial charge in [-0.3, -0.25) is 4.90 Å². The van der Waals surface area contributed by atoms with Gasteiger partial charge >= 0.3 is 0 Å². The third kappa shape index (κ3) is 3.44. The van der Waals surface area contributed by atoms with Gasteiger partial charge in [0.05, 0.1) is 0 Å². The summed E-state index contributed by atoms with van der Waals surface area (Å²) in [5.41, 5.74) is 2.59. The van der Waals surface area contributed by atoms with Crippen LogP contribution in [0.3, 0.4) is 0 Å². The first kappa shape index (κ1) is 12.9. The number of nitrogens with zero attached hydrogens (tertiary/aromatic N) is 1. The Morgan fingerprint density at radius 2 is 2.29 bits per heavy atom. The molecule has 1 heterocycles. The van der Waals surface area contributed by atoms with Gasteiger partial charge in [0.1, 0.15) is 0 Å². The zero-order valence-electron chi connectivity index (χ0n) is 10.3. The maximum atomic E-state index is 9.22. The van der Waals surface area contributed by atoms with E-state index in [1.807, 2.05) is 12.1 Å². The molecule has 1 aliphatic rings. The number of hydrogen-bond acceptors (Lipinski definition) is 2. The molecule has 1 aromatic carbocycles. The lowest BCUT2D eigenvalue weighted by Crippen LogP contribution is -2.36. The Kier molecular flexibility index (Phi) is 4.43. The van der Waals surface area contributed by atoms with E-state index in [4.69, 9.17) is 11.6 Å². The lowest BCUT2D eigenvalue weighted by Gasteiger charge is -2.32. The van der Waals surface area contributed by atoms with Gasteiger partial charge in [-0.05, 0) is 55.5 Å². The Morgan fingerprint density at radius 1 is 1.47 bits per heavy atom. The van der Waals surface area contributed by atoms with Gasteiger partial charge in [0.15, 0.2) is 0 Å². The smallest absolute Gasteiger partial charge is 0.0471 e. The van der Waals surface area contributed by atoms with Crippen LogP contribution in [0.5, 0.6) is 0 Å². The van der Waals surface area contributed by atoms with Gasteiger partial charge in [0.25, 0.3) is 0 Å². The second-order valence-electron chi connectivity index (χ2n) is 5.00. The molecule has 1 saturated heterocycles.